The van der Waals surface area contributed by atoms with Crippen molar-refractivity contribution in [3.8, 4) is 0 Å². The molecule has 0 aromatic heterocycles. The molecular weight excluding hydrogens is 205 g/mol. The number of anilines is 1. The molecule has 1 aromatic rings. The van der Waals surface area contributed by atoms with Crippen LogP contribution in [0.25, 0.3) is 0 Å². The Morgan fingerprint density at radius 1 is 1.36 bits per heavy atom. The SMILES string of the molecule is Fc1cccc(Cl)c1NC1NCCN1. The van der Waals surface area contributed by atoms with E-state index < -0.39 is 0 Å². The van der Waals surface area contributed by atoms with Crippen LogP contribution in [0.4, 0.5) is 10.1 Å². The van der Waals surface area contributed by atoms with Crippen molar-refractivity contribution < 1.29 is 4.39 Å². The third-order valence-corrected chi connectivity index (χ3v) is 2.39. The van der Waals surface area contributed by atoms with E-state index in [1.807, 2.05) is 0 Å². The largest absolute Gasteiger partial charge is 0.354 e. The molecular formula is C9H11ClFN3. The van der Waals surface area contributed by atoms with E-state index >= 15 is 0 Å². The Labute approximate surface area is 86.6 Å². The fraction of sp³-hybridized carbons (Fsp3) is 0.333. The summed E-state index contributed by atoms with van der Waals surface area (Å²) in [4.78, 5) is 0. The minimum absolute atomic E-state index is 0.107. The molecule has 5 heteroatoms. The summed E-state index contributed by atoms with van der Waals surface area (Å²) < 4.78 is 13.3. The van der Waals surface area contributed by atoms with Crippen LogP contribution in [0.1, 0.15) is 0 Å². The number of hydrogen-bond acceptors (Lipinski definition) is 3. The smallest absolute Gasteiger partial charge is 0.147 e. The molecule has 3 N–H and O–H groups in total. The Bertz CT molecular complexity index is 306. The van der Waals surface area contributed by atoms with Crippen molar-refractivity contribution in [2.24, 2.45) is 0 Å². The molecule has 0 atom stereocenters. The van der Waals surface area contributed by atoms with Crippen LogP contribution in [-0.4, -0.2) is 19.4 Å². The van der Waals surface area contributed by atoms with Crippen molar-refractivity contribution in [2.45, 2.75) is 6.29 Å². The van der Waals surface area contributed by atoms with E-state index in [-0.39, 0.29) is 12.1 Å². The van der Waals surface area contributed by atoms with Crippen molar-refractivity contribution in [3.05, 3.63) is 29.0 Å². The number of hydrogen-bond donors (Lipinski definition) is 3. The van der Waals surface area contributed by atoms with Gasteiger partial charge in [-0.25, -0.2) is 4.39 Å². The Morgan fingerprint density at radius 3 is 2.71 bits per heavy atom. The molecule has 1 aliphatic heterocycles. The average Bonchev–Trinajstić information content (AvgIpc) is 2.64. The highest BCUT2D eigenvalue weighted by Gasteiger charge is 2.15. The summed E-state index contributed by atoms with van der Waals surface area (Å²) in [6.07, 6.45) is -0.107. The zero-order chi connectivity index (χ0) is 9.97. The first-order valence-corrected chi connectivity index (χ1v) is 4.82. The van der Waals surface area contributed by atoms with E-state index in [2.05, 4.69) is 16.0 Å². The Morgan fingerprint density at radius 2 is 2.07 bits per heavy atom. The molecule has 0 aliphatic carbocycles. The summed E-state index contributed by atoms with van der Waals surface area (Å²) in [5.41, 5.74) is 0.334. The maximum atomic E-state index is 13.3. The quantitative estimate of drug-likeness (QED) is 0.698. The standard InChI is InChI=1S/C9H11ClFN3/c10-6-2-1-3-7(11)8(6)14-9-12-4-5-13-9/h1-3,9,12-14H,4-5H2. The lowest BCUT2D eigenvalue weighted by Gasteiger charge is -2.16. The van der Waals surface area contributed by atoms with Gasteiger partial charge in [-0.3, -0.25) is 10.6 Å². The normalized spacial score (nSPS) is 17.3. The molecule has 1 fully saturated rings. The molecule has 1 heterocycles. The van der Waals surface area contributed by atoms with Gasteiger partial charge in [-0.15, -0.1) is 0 Å². The molecule has 1 aromatic carbocycles. The van der Waals surface area contributed by atoms with Crippen LogP contribution in [-0.2, 0) is 0 Å². The van der Waals surface area contributed by atoms with E-state index in [4.69, 9.17) is 11.6 Å². The molecule has 0 saturated carbocycles. The van der Waals surface area contributed by atoms with E-state index in [0.29, 0.717) is 10.7 Å². The highest BCUT2D eigenvalue weighted by molar-refractivity contribution is 6.33. The van der Waals surface area contributed by atoms with E-state index in [1.165, 1.54) is 6.07 Å². The number of rotatable bonds is 2. The van der Waals surface area contributed by atoms with Crippen LogP contribution in [0.15, 0.2) is 18.2 Å². The second kappa shape index (κ2) is 4.13. The van der Waals surface area contributed by atoms with Crippen LogP contribution in [0.3, 0.4) is 0 Å². The summed E-state index contributed by atoms with van der Waals surface area (Å²) in [6, 6.07) is 4.61. The first kappa shape index (κ1) is 9.71. The minimum atomic E-state index is -0.340. The Kier molecular flexibility index (Phi) is 2.86. The summed E-state index contributed by atoms with van der Waals surface area (Å²) in [6.45, 7) is 1.73. The molecule has 2 rings (SSSR count). The van der Waals surface area contributed by atoms with Gasteiger partial charge in [-0.1, -0.05) is 17.7 Å². The van der Waals surface area contributed by atoms with Crippen molar-refractivity contribution in [2.75, 3.05) is 18.4 Å². The van der Waals surface area contributed by atoms with Gasteiger partial charge in [-0.2, -0.15) is 0 Å². The second-order valence-corrected chi connectivity index (χ2v) is 3.49. The number of halogens is 2. The topological polar surface area (TPSA) is 36.1 Å². The highest BCUT2D eigenvalue weighted by Crippen LogP contribution is 2.24. The predicted molar refractivity (Wildman–Crippen MR) is 54.8 cm³/mol. The lowest BCUT2D eigenvalue weighted by atomic mass is 10.3. The summed E-state index contributed by atoms with van der Waals surface area (Å²) in [7, 11) is 0. The second-order valence-electron chi connectivity index (χ2n) is 3.08. The maximum Gasteiger partial charge on any atom is 0.147 e. The molecule has 0 bridgehead atoms. The summed E-state index contributed by atoms with van der Waals surface area (Å²) in [5.74, 6) is -0.340. The van der Waals surface area contributed by atoms with Gasteiger partial charge in [0.25, 0.3) is 0 Å². The summed E-state index contributed by atoms with van der Waals surface area (Å²) >= 11 is 5.85. The molecule has 1 aliphatic rings. The van der Waals surface area contributed by atoms with Gasteiger partial charge in [0.05, 0.1) is 10.7 Å². The van der Waals surface area contributed by atoms with Gasteiger partial charge in [-0.05, 0) is 12.1 Å². The molecule has 0 radical (unpaired) electrons. The fourth-order valence-electron chi connectivity index (χ4n) is 1.39. The molecule has 14 heavy (non-hydrogen) atoms. The first-order chi connectivity index (χ1) is 6.77. The Hall–Kier alpha value is -0.840. The lowest BCUT2D eigenvalue weighted by molar-refractivity contribution is 0.595. The average molecular weight is 216 g/mol. The van der Waals surface area contributed by atoms with E-state index in [1.54, 1.807) is 12.1 Å². The van der Waals surface area contributed by atoms with Gasteiger partial charge >= 0.3 is 0 Å². The third kappa shape index (κ3) is 1.97. The highest BCUT2D eigenvalue weighted by atomic mass is 35.5. The van der Waals surface area contributed by atoms with Crippen LogP contribution < -0.4 is 16.0 Å². The number of para-hydroxylation sites is 1. The van der Waals surface area contributed by atoms with Crippen molar-refractivity contribution in [1.29, 1.82) is 0 Å². The van der Waals surface area contributed by atoms with E-state index in [9.17, 15) is 4.39 Å². The zero-order valence-corrected chi connectivity index (χ0v) is 8.24. The van der Waals surface area contributed by atoms with Crippen LogP contribution in [0.2, 0.25) is 5.02 Å². The van der Waals surface area contributed by atoms with Crippen molar-refractivity contribution in [3.63, 3.8) is 0 Å². The predicted octanol–water partition coefficient (Wildman–Crippen LogP) is 1.37. The number of nitrogens with one attached hydrogen (secondary N) is 3. The first-order valence-electron chi connectivity index (χ1n) is 4.45. The van der Waals surface area contributed by atoms with Crippen molar-refractivity contribution >= 4 is 17.3 Å². The molecule has 0 amide bonds. The van der Waals surface area contributed by atoms with Gasteiger partial charge in [0.1, 0.15) is 12.1 Å². The minimum Gasteiger partial charge on any atom is -0.354 e. The Balaban J connectivity index is 2.14. The van der Waals surface area contributed by atoms with Gasteiger partial charge in [0, 0.05) is 13.1 Å². The molecule has 76 valence electrons. The van der Waals surface area contributed by atoms with Crippen molar-refractivity contribution in [1.82, 2.24) is 10.6 Å². The summed E-state index contributed by atoms with van der Waals surface area (Å²) in [5, 5.41) is 9.56. The molecule has 1 saturated heterocycles. The lowest BCUT2D eigenvalue weighted by Crippen LogP contribution is -2.39. The monoisotopic (exact) mass is 215 g/mol. The zero-order valence-electron chi connectivity index (χ0n) is 7.48. The molecule has 3 nitrogen and oxygen atoms in total. The maximum absolute atomic E-state index is 13.3. The van der Waals surface area contributed by atoms with Gasteiger partial charge in [0.15, 0.2) is 0 Å². The van der Waals surface area contributed by atoms with E-state index in [0.717, 1.165) is 13.1 Å². The fourth-order valence-corrected chi connectivity index (χ4v) is 1.60. The van der Waals surface area contributed by atoms with Crippen LogP contribution >= 0.6 is 11.6 Å². The number of benzene rings is 1. The van der Waals surface area contributed by atoms with Crippen LogP contribution in [0.5, 0.6) is 0 Å². The third-order valence-electron chi connectivity index (χ3n) is 2.07. The van der Waals surface area contributed by atoms with Gasteiger partial charge in [0.2, 0.25) is 0 Å². The van der Waals surface area contributed by atoms with Crippen LogP contribution in [0, 0.1) is 5.82 Å². The van der Waals surface area contributed by atoms with Gasteiger partial charge < -0.3 is 5.32 Å². The molecule has 0 spiro atoms. The molecule has 0 unspecified atom stereocenters.